The Kier molecular flexibility index (Phi) is 10.8. The minimum absolute atomic E-state index is 0.128. The van der Waals surface area contributed by atoms with Gasteiger partial charge < -0.3 is 25.2 Å². The van der Waals surface area contributed by atoms with E-state index >= 15 is 0 Å². The van der Waals surface area contributed by atoms with Crippen molar-refractivity contribution in [3.05, 3.63) is 22.2 Å². The van der Waals surface area contributed by atoms with Crippen LogP contribution < -0.4 is 20.1 Å². The molecule has 1 aromatic carbocycles. The lowest BCUT2D eigenvalue weighted by molar-refractivity contribution is -0.139. The number of benzene rings is 1. The van der Waals surface area contributed by atoms with Gasteiger partial charge in [0.25, 0.3) is 5.91 Å². The molecular formula is C20H31BrN2O5S. The number of hydrogen-bond acceptors (Lipinski definition) is 6. The summed E-state index contributed by atoms with van der Waals surface area (Å²) in [6, 6.07) is 2.91. The molecular weight excluding hydrogens is 460 g/mol. The number of carboxylic acids is 1. The fourth-order valence-corrected chi connectivity index (χ4v) is 3.41. The molecule has 0 heterocycles. The van der Waals surface area contributed by atoms with E-state index in [2.05, 4.69) is 26.6 Å². The van der Waals surface area contributed by atoms with Gasteiger partial charge in [0.15, 0.2) is 18.1 Å². The van der Waals surface area contributed by atoms with Crippen molar-refractivity contribution in [2.45, 2.75) is 52.2 Å². The highest BCUT2D eigenvalue weighted by Crippen LogP contribution is 2.34. The predicted octanol–water partition coefficient (Wildman–Crippen LogP) is 3.44. The van der Waals surface area contributed by atoms with Crippen LogP contribution in [0.1, 0.15) is 39.7 Å². The van der Waals surface area contributed by atoms with Crippen LogP contribution in [-0.2, 0) is 16.1 Å². The van der Waals surface area contributed by atoms with Crippen LogP contribution in [0, 0.1) is 0 Å². The lowest BCUT2D eigenvalue weighted by Gasteiger charge is -2.21. The Bertz CT molecular complexity index is 694. The second-order valence-electron chi connectivity index (χ2n) is 7.46. The van der Waals surface area contributed by atoms with Crippen molar-refractivity contribution in [2.24, 2.45) is 0 Å². The molecule has 0 saturated heterocycles. The van der Waals surface area contributed by atoms with Gasteiger partial charge >= 0.3 is 5.97 Å². The van der Waals surface area contributed by atoms with Crippen molar-refractivity contribution >= 4 is 39.6 Å². The maximum Gasteiger partial charge on any atom is 0.320 e. The van der Waals surface area contributed by atoms with Gasteiger partial charge in [0.05, 0.1) is 6.61 Å². The Labute approximate surface area is 185 Å². The molecule has 0 aliphatic heterocycles. The molecule has 1 aromatic rings. The highest BCUT2D eigenvalue weighted by atomic mass is 79.9. The van der Waals surface area contributed by atoms with Gasteiger partial charge in [0.2, 0.25) is 0 Å². The number of amides is 1. The Morgan fingerprint density at radius 2 is 1.90 bits per heavy atom. The van der Waals surface area contributed by atoms with Gasteiger partial charge in [-0.15, -0.1) is 0 Å². The van der Waals surface area contributed by atoms with Crippen molar-refractivity contribution < 1.29 is 24.2 Å². The third-order valence-electron chi connectivity index (χ3n) is 3.73. The molecule has 0 aliphatic rings. The van der Waals surface area contributed by atoms with Gasteiger partial charge in [-0.1, -0.05) is 15.9 Å². The number of thioether (sulfide) groups is 1. The molecule has 3 N–H and O–H groups in total. The number of nitrogens with one attached hydrogen (secondary N) is 2. The Morgan fingerprint density at radius 3 is 2.45 bits per heavy atom. The van der Waals surface area contributed by atoms with Crippen LogP contribution in [0.5, 0.6) is 11.5 Å². The van der Waals surface area contributed by atoms with Crippen LogP contribution in [-0.4, -0.2) is 53.8 Å². The summed E-state index contributed by atoms with van der Waals surface area (Å²) in [4.78, 5) is 23.4. The molecule has 1 rings (SSSR count). The standard InChI is InChI=1S/C20H31BrN2O5S/c1-6-27-16-9-13(11-22-15(19(25)26)7-8-29-5)14(21)10-17(16)28-12-18(24)23-20(2,3)4/h9-10,15,22H,6-8,11-12H2,1-5H3,(H,23,24)(H,25,26). The van der Waals surface area contributed by atoms with Crippen molar-refractivity contribution in [3.63, 3.8) is 0 Å². The van der Waals surface area contributed by atoms with Crippen molar-refractivity contribution in [2.75, 3.05) is 25.2 Å². The average molecular weight is 491 g/mol. The van der Waals surface area contributed by atoms with E-state index in [9.17, 15) is 14.7 Å². The number of halogens is 1. The number of hydrogen-bond donors (Lipinski definition) is 3. The Hall–Kier alpha value is -1.45. The molecule has 0 aliphatic carbocycles. The smallest absolute Gasteiger partial charge is 0.320 e. The number of rotatable bonds is 12. The molecule has 9 heteroatoms. The first-order valence-electron chi connectivity index (χ1n) is 9.41. The third kappa shape index (κ3) is 9.73. The third-order valence-corrected chi connectivity index (χ3v) is 5.12. The number of carboxylic acid groups (broad SMARTS) is 1. The summed E-state index contributed by atoms with van der Waals surface area (Å²) in [5.41, 5.74) is 0.506. The zero-order chi connectivity index (χ0) is 22.0. The van der Waals surface area contributed by atoms with Gasteiger partial charge in [0, 0.05) is 16.6 Å². The molecule has 164 valence electrons. The van der Waals surface area contributed by atoms with Crippen LogP contribution in [0.15, 0.2) is 16.6 Å². The molecule has 0 aromatic heterocycles. The van der Waals surface area contributed by atoms with E-state index in [0.717, 1.165) is 15.8 Å². The second kappa shape index (κ2) is 12.3. The number of carbonyl (C=O) groups is 2. The zero-order valence-electron chi connectivity index (χ0n) is 17.6. The van der Waals surface area contributed by atoms with Gasteiger partial charge in [-0.2, -0.15) is 11.8 Å². The van der Waals surface area contributed by atoms with Crippen molar-refractivity contribution in [1.82, 2.24) is 10.6 Å². The van der Waals surface area contributed by atoms with Crippen LogP contribution in [0.4, 0.5) is 0 Å². The molecule has 1 amide bonds. The van der Waals surface area contributed by atoms with Crippen LogP contribution >= 0.6 is 27.7 Å². The molecule has 1 unspecified atom stereocenters. The normalized spacial score (nSPS) is 12.3. The topological polar surface area (TPSA) is 96.9 Å². The molecule has 0 radical (unpaired) electrons. The van der Waals surface area contributed by atoms with Gasteiger partial charge in [-0.3, -0.25) is 9.59 Å². The van der Waals surface area contributed by atoms with Crippen LogP contribution in [0.2, 0.25) is 0 Å². The summed E-state index contributed by atoms with van der Waals surface area (Å²) in [5.74, 6) is 0.624. The Morgan fingerprint density at radius 1 is 1.24 bits per heavy atom. The summed E-state index contributed by atoms with van der Waals surface area (Å²) < 4.78 is 12.1. The van der Waals surface area contributed by atoms with E-state index in [1.165, 1.54) is 0 Å². The second-order valence-corrected chi connectivity index (χ2v) is 9.30. The summed E-state index contributed by atoms with van der Waals surface area (Å²) in [6.45, 7) is 8.23. The number of aliphatic carboxylic acids is 1. The maximum absolute atomic E-state index is 12.0. The molecule has 0 fully saturated rings. The van der Waals surface area contributed by atoms with E-state index in [0.29, 0.717) is 31.1 Å². The first kappa shape index (κ1) is 25.6. The Balaban J connectivity index is 2.88. The van der Waals surface area contributed by atoms with E-state index in [4.69, 9.17) is 9.47 Å². The minimum Gasteiger partial charge on any atom is -0.490 e. The summed E-state index contributed by atoms with van der Waals surface area (Å²) in [7, 11) is 0. The summed E-state index contributed by atoms with van der Waals surface area (Å²) in [5, 5.41) is 15.3. The van der Waals surface area contributed by atoms with Gasteiger partial charge in [-0.25, -0.2) is 0 Å². The van der Waals surface area contributed by atoms with Crippen molar-refractivity contribution in [1.29, 1.82) is 0 Å². The fraction of sp³-hybridized carbons (Fsp3) is 0.600. The van der Waals surface area contributed by atoms with Crippen molar-refractivity contribution in [3.8, 4) is 11.5 Å². The highest BCUT2D eigenvalue weighted by Gasteiger charge is 2.19. The fourth-order valence-electron chi connectivity index (χ4n) is 2.47. The molecule has 0 bridgehead atoms. The average Bonchev–Trinajstić information content (AvgIpc) is 2.61. The molecule has 7 nitrogen and oxygen atoms in total. The first-order valence-corrected chi connectivity index (χ1v) is 11.6. The van der Waals surface area contributed by atoms with Crippen LogP contribution in [0.25, 0.3) is 0 Å². The monoisotopic (exact) mass is 490 g/mol. The molecule has 0 saturated carbocycles. The predicted molar refractivity (Wildman–Crippen MR) is 120 cm³/mol. The van der Waals surface area contributed by atoms with Crippen LogP contribution in [0.3, 0.4) is 0 Å². The lowest BCUT2D eigenvalue weighted by Crippen LogP contribution is -2.43. The van der Waals surface area contributed by atoms with E-state index < -0.39 is 12.0 Å². The number of carbonyl (C=O) groups excluding carboxylic acids is 1. The SMILES string of the molecule is CCOc1cc(CNC(CCSC)C(=O)O)c(Br)cc1OCC(=O)NC(C)(C)C. The van der Waals surface area contributed by atoms with Gasteiger partial charge in [-0.05, 0) is 63.8 Å². The van der Waals surface area contributed by atoms with E-state index in [1.54, 1.807) is 23.9 Å². The first-order chi connectivity index (χ1) is 13.6. The maximum atomic E-state index is 12.0. The minimum atomic E-state index is -0.870. The highest BCUT2D eigenvalue weighted by molar-refractivity contribution is 9.10. The molecule has 29 heavy (non-hydrogen) atoms. The van der Waals surface area contributed by atoms with E-state index in [-0.39, 0.29) is 18.1 Å². The summed E-state index contributed by atoms with van der Waals surface area (Å²) >= 11 is 5.11. The zero-order valence-corrected chi connectivity index (χ0v) is 20.0. The molecule has 1 atom stereocenters. The quantitative estimate of drug-likeness (QED) is 0.412. The largest absolute Gasteiger partial charge is 0.490 e. The number of ether oxygens (including phenoxy) is 2. The summed E-state index contributed by atoms with van der Waals surface area (Å²) in [6.07, 6.45) is 2.49. The lowest BCUT2D eigenvalue weighted by atomic mass is 10.1. The van der Waals surface area contributed by atoms with E-state index in [1.807, 2.05) is 34.0 Å². The van der Waals surface area contributed by atoms with Gasteiger partial charge in [0.1, 0.15) is 6.04 Å². The molecule has 0 spiro atoms.